The van der Waals surface area contributed by atoms with Crippen molar-refractivity contribution in [2.24, 2.45) is 11.7 Å². The summed E-state index contributed by atoms with van der Waals surface area (Å²) in [6.45, 7) is 3.65. The lowest BCUT2D eigenvalue weighted by atomic mass is 10.0. The number of nitrogens with two attached hydrogens (primary N) is 1. The Labute approximate surface area is 213 Å². The van der Waals surface area contributed by atoms with E-state index < -0.39 is 60.2 Å². The number of amides is 3. The number of hydrogen-bond donors (Lipinski definition) is 7. The third-order valence-electron chi connectivity index (χ3n) is 5.18. The smallest absolute Gasteiger partial charge is 0.326 e. The highest BCUT2D eigenvalue weighted by Gasteiger charge is 2.31. The first-order chi connectivity index (χ1) is 16.9. The molecule has 0 spiro atoms. The molecule has 0 bridgehead atoms. The molecule has 14 heteroatoms. The highest BCUT2D eigenvalue weighted by Crippen LogP contribution is 2.09. The molecule has 13 nitrogen and oxygen atoms in total. The summed E-state index contributed by atoms with van der Waals surface area (Å²) < 4.78 is 0. The molecule has 1 aromatic rings. The van der Waals surface area contributed by atoms with Crippen molar-refractivity contribution in [3.8, 4) is 0 Å². The van der Waals surface area contributed by atoms with Gasteiger partial charge in [-0.25, -0.2) is 9.78 Å². The van der Waals surface area contributed by atoms with Crippen molar-refractivity contribution in [2.75, 3.05) is 12.0 Å². The molecule has 4 unspecified atom stereocenters. The van der Waals surface area contributed by atoms with Crippen LogP contribution in [0.15, 0.2) is 12.5 Å². The lowest BCUT2D eigenvalue weighted by Gasteiger charge is -2.26. The monoisotopic (exact) mass is 528 g/mol. The maximum Gasteiger partial charge on any atom is 0.326 e. The van der Waals surface area contributed by atoms with E-state index in [1.807, 2.05) is 20.1 Å². The van der Waals surface area contributed by atoms with Crippen molar-refractivity contribution in [1.82, 2.24) is 25.9 Å². The molecule has 1 heterocycles. The third-order valence-corrected chi connectivity index (χ3v) is 5.82. The van der Waals surface area contributed by atoms with Crippen LogP contribution in [0.4, 0.5) is 0 Å². The molecule has 0 fully saturated rings. The van der Waals surface area contributed by atoms with Gasteiger partial charge in [0, 0.05) is 24.7 Å². The van der Waals surface area contributed by atoms with Gasteiger partial charge < -0.3 is 36.9 Å². The van der Waals surface area contributed by atoms with Gasteiger partial charge in [-0.15, -0.1) is 0 Å². The zero-order chi connectivity index (χ0) is 27.3. The van der Waals surface area contributed by atoms with E-state index in [0.29, 0.717) is 11.4 Å². The molecule has 1 aromatic heterocycles. The number of carboxylic acids is 2. The second-order valence-electron chi connectivity index (χ2n) is 8.75. The Morgan fingerprint density at radius 3 is 2.14 bits per heavy atom. The number of nitrogens with one attached hydrogen (secondary N) is 4. The molecule has 0 radical (unpaired) electrons. The summed E-state index contributed by atoms with van der Waals surface area (Å²) in [5, 5.41) is 25.7. The molecule has 36 heavy (non-hydrogen) atoms. The molecule has 0 aliphatic rings. The largest absolute Gasteiger partial charge is 0.481 e. The Kier molecular flexibility index (Phi) is 13.5. The van der Waals surface area contributed by atoms with E-state index in [1.165, 1.54) is 18.1 Å². The van der Waals surface area contributed by atoms with Gasteiger partial charge in [0.2, 0.25) is 17.7 Å². The number of thioether (sulfide) groups is 1. The van der Waals surface area contributed by atoms with Gasteiger partial charge in [-0.1, -0.05) is 13.8 Å². The molecule has 4 atom stereocenters. The van der Waals surface area contributed by atoms with Gasteiger partial charge in [0.05, 0.1) is 12.4 Å². The lowest BCUT2D eigenvalue weighted by Crippen LogP contribution is -2.57. The van der Waals surface area contributed by atoms with E-state index in [0.717, 1.165) is 0 Å². The van der Waals surface area contributed by atoms with Crippen LogP contribution in [-0.2, 0) is 30.4 Å². The molecular weight excluding hydrogens is 492 g/mol. The molecule has 0 aliphatic heterocycles. The van der Waals surface area contributed by atoms with Crippen LogP contribution in [0.1, 0.15) is 45.2 Å². The molecule has 0 aliphatic carbocycles. The number of hydrogen-bond acceptors (Lipinski definition) is 8. The van der Waals surface area contributed by atoms with Crippen molar-refractivity contribution in [1.29, 1.82) is 0 Å². The normalized spacial score (nSPS) is 14.4. The number of carboxylic acid groups (broad SMARTS) is 2. The number of H-pyrrole nitrogens is 1. The number of imidazole rings is 1. The number of aliphatic carboxylic acids is 2. The summed E-state index contributed by atoms with van der Waals surface area (Å²) in [7, 11) is 0. The SMILES string of the molecule is CSCCC(NC(=O)C(N)Cc1cnc[nH]1)C(=O)NC(CC(C)C)C(=O)NC(CCC(=O)O)C(=O)O. The Bertz CT molecular complexity index is 880. The molecule has 3 amide bonds. The summed E-state index contributed by atoms with van der Waals surface area (Å²) >= 11 is 1.47. The summed E-state index contributed by atoms with van der Waals surface area (Å²) in [5.41, 5.74) is 6.64. The first kappa shape index (κ1) is 30.9. The van der Waals surface area contributed by atoms with E-state index in [-0.39, 0.29) is 31.6 Å². The minimum atomic E-state index is -1.42. The summed E-state index contributed by atoms with van der Waals surface area (Å²) in [5.74, 6) is -3.96. The van der Waals surface area contributed by atoms with Crippen LogP contribution in [0.3, 0.4) is 0 Å². The van der Waals surface area contributed by atoms with Crippen LogP contribution >= 0.6 is 11.8 Å². The first-order valence-corrected chi connectivity index (χ1v) is 12.9. The number of aromatic nitrogens is 2. The van der Waals surface area contributed by atoms with Gasteiger partial charge in [0.1, 0.15) is 18.1 Å². The van der Waals surface area contributed by atoms with Crippen LogP contribution in [0, 0.1) is 5.92 Å². The molecule has 1 rings (SSSR count). The quantitative estimate of drug-likeness (QED) is 0.137. The third kappa shape index (κ3) is 11.5. The van der Waals surface area contributed by atoms with Gasteiger partial charge in [-0.3, -0.25) is 19.2 Å². The maximum atomic E-state index is 13.1. The molecule has 0 aromatic carbocycles. The Hall–Kier alpha value is -3.13. The predicted molar refractivity (Wildman–Crippen MR) is 133 cm³/mol. The van der Waals surface area contributed by atoms with Gasteiger partial charge >= 0.3 is 11.9 Å². The van der Waals surface area contributed by atoms with Crippen molar-refractivity contribution in [2.45, 2.75) is 70.1 Å². The van der Waals surface area contributed by atoms with Crippen molar-refractivity contribution < 1.29 is 34.2 Å². The average molecular weight is 529 g/mol. The van der Waals surface area contributed by atoms with Gasteiger partial charge in [0.15, 0.2) is 0 Å². The number of carbonyl (C=O) groups is 5. The summed E-state index contributed by atoms with van der Waals surface area (Å²) in [4.78, 5) is 67.6. The molecule has 202 valence electrons. The topological polar surface area (TPSA) is 217 Å². The van der Waals surface area contributed by atoms with Crippen molar-refractivity contribution >= 4 is 41.4 Å². The number of aromatic amines is 1. The van der Waals surface area contributed by atoms with Gasteiger partial charge in [-0.05, 0) is 37.2 Å². The van der Waals surface area contributed by atoms with Crippen LogP contribution in [0.2, 0.25) is 0 Å². The number of carbonyl (C=O) groups excluding carboxylic acids is 3. The fourth-order valence-electron chi connectivity index (χ4n) is 3.28. The van der Waals surface area contributed by atoms with Crippen LogP contribution < -0.4 is 21.7 Å². The fraction of sp³-hybridized carbons (Fsp3) is 0.636. The van der Waals surface area contributed by atoms with Crippen LogP contribution in [0.5, 0.6) is 0 Å². The van der Waals surface area contributed by atoms with Crippen molar-refractivity contribution in [3.05, 3.63) is 18.2 Å². The molecular formula is C22H36N6O7S. The minimum absolute atomic E-state index is 0.0367. The predicted octanol–water partition coefficient (Wildman–Crippen LogP) is -0.517. The highest BCUT2D eigenvalue weighted by atomic mass is 32.2. The Morgan fingerprint density at radius 1 is 1.00 bits per heavy atom. The Morgan fingerprint density at radius 2 is 1.61 bits per heavy atom. The second-order valence-corrected chi connectivity index (χ2v) is 9.74. The zero-order valence-electron chi connectivity index (χ0n) is 20.7. The first-order valence-electron chi connectivity index (χ1n) is 11.5. The maximum absolute atomic E-state index is 13.1. The standard InChI is InChI=1S/C22H36N6O7S/c1-12(2)8-17(21(33)27-16(22(34)35)4-5-18(29)30)28-20(32)15(6-7-36-3)26-19(31)14(23)9-13-10-24-11-25-13/h10-12,14-17H,4-9,23H2,1-3H3,(H,24,25)(H,26,31)(H,27,33)(H,28,32)(H,29,30)(H,34,35). The Balaban J connectivity index is 2.92. The van der Waals surface area contributed by atoms with E-state index in [2.05, 4.69) is 25.9 Å². The van der Waals surface area contributed by atoms with Crippen LogP contribution in [0.25, 0.3) is 0 Å². The van der Waals surface area contributed by atoms with E-state index in [1.54, 1.807) is 6.20 Å². The molecule has 0 saturated heterocycles. The zero-order valence-corrected chi connectivity index (χ0v) is 21.5. The summed E-state index contributed by atoms with van der Waals surface area (Å²) in [6.07, 6.45) is 4.77. The van der Waals surface area contributed by atoms with Crippen LogP contribution in [-0.4, -0.2) is 86.0 Å². The van der Waals surface area contributed by atoms with E-state index in [9.17, 15) is 29.1 Å². The van der Waals surface area contributed by atoms with Crippen molar-refractivity contribution in [3.63, 3.8) is 0 Å². The summed E-state index contributed by atoms with van der Waals surface area (Å²) in [6, 6.07) is -4.41. The molecule has 0 saturated carbocycles. The average Bonchev–Trinajstić information content (AvgIpc) is 3.30. The number of rotatable bonds is 17. The fourth-order valence-corrected chi connectivity index (χ4v) is 3.75. The van der Waals surface area contributed by atoms with E-state index >= 15 is 0 Å². The minimum Gasteiger partial charge on any atom is -0.481 e. The number of nitrogens with zero attached hydrogens (tertiary/aromatic N) is 1. The lowest BCUT2D eigenvalue weighted by molar-refractivity contribution is -0.143. The van der Waals surface area contributed by atoms with Gasteiger partial charge in [0.25, 0.3) is 0 Å². The second kappa shape index (κ2) is 15.8. The van der Waals surface area contributed by atoms with Gasteiger partial charge in [-0.2, -0.15) is 11.8 Å². The van der Waals surface area contributed by atoms with E-state index in [4.69, 9.17) is 10.8 Å². The molecule has 8 N–H and O–H groups in total. The highest BCUT2D eigenvalue weighted by molar-refractivity contribution is 7.98.